The highest BCUT2D eigenvalue weighted by atomic mass is 16.5. The van der Waals surface area contributed by atoms with E-state index in [1.165, 1.54) is 0 Å². The third-order valence-corrected chi connectivity index (χ3v) is 4.30. The van der Waals surface area contributed by atoms with E-state index in [1.54, 1.807) is 13.8 Å². The first-order valence-electron chi connectivity index (χ1n) is 9.03. The Kier molecular flexibility index (Phi) is 5.69. The van der Waals surface area contributed by atoms with Crippen LogP contribution >= 0.6 is 0 Å². The lowest BCUT2D eigenvalue weighted by Crippen LogP contribution is -2.29. The molecule has 0 amide bonds. The van der Waals surface area contributed by atoms with Crippen LogP contribution in [0.1, 0.15) is 57.5 Å². The van der Waals surface area contributed by atoms with E-state index in [9.17, 15) is 14.4 Å². The average molecular weight is 371 g/mol. The van der Waals surface area contributed by atoms with E-state index >= 15 is 0 Å². The summed E-state index contributed by atoms with van der Waals surface area (Å²) in [6, 6.07) is 5.70. The topological polar surface area (TPSA) is 95.7 Å². The summed E-state index contributed by atoms with van der Waals surface area (Å²) in [6.45, 7) is 3.51. The Balaban J connectivity index is 2.17. The van der Waals surface area contributed by atoms with Gasteiger partial charge in [-0.05, 0) is 38.8 Å². The van der Waals surface area contributed by atoms with Gasteiger partial charge in [-0.1, -0.05) is 6.07 Å². The van der Waals surface area contributed by atoms with Crippen molar-refractivity contribution < 1.29 is 23.5 Å². The maximum absolute atomic E-state index is 13.0. The Labute approximate surface area is 156 Å². The molecule has 2 aromatic heterocycles. The summed E-state index contributed by atoms with van der Waals surface area (Å²) in [4.78, 5) is 42.4. The third-order valence-electron chi connectivity index (χ3n) is 4.30. The number of hydrogen-bond donors (Lipinski definition) is 0. The zero-order valence-electron chi connectivity index (χ0n) is 15.4. The van der Waals surface area contributed by atoms with Crippen LogP contribution in [-0.4, -0.2) is 30.1 Å². The molecule has 1 aliphatic rings. The van der Waals surface area contributed by atoms with Crippen molar-refractivity contribution in [2.75, 3.05) is 13.2 Å². The van der Waals surface area contributed by atoms with Crippen LogP contribution in [0, 0.1) is 0 Å². The summed E-state index contributed by atoms with van der Waals surface area (Å²) < 4.78 is 15.9. The number of hydrogen-bond acceptors (Lipinski definition) is 7. The van der Waals surface area contributed by atoms with Crippen molar-refractivity contribution in [3.05, 3.63) is 62.5 Å². The molecular weight excluding hydrogens is 350 g/mol. The van der Waals surface area contributed by atoms with Gasteiger partial charge in [-0.25, -0.2) is 9.59 Å². The van der Waals surface area contributed by atoms with Crippen molar-refractivity contribution in [1.29, 1.82) is 0 Å². The van der Waals surface area contributed by atoms with Gasteiger partial charge in [-0.15, -0.1) is 0 Å². The molecule has 27 heavy (non-hydrogen) atoms. The first-order valence-corrected chi connectivity index (χ1v) is 9.03. The normalized spacial score (nSPS) is 13.0. The first-order chi connectivity index (χ1) is 13.0. The van der Waals surface area contributed by atoms with Crippen LogP contribution in [0.15, 0.2) is 27.4 Å². The summed E-state index contributed by atoms with van der Waals surface area (Å²) in [5, 5.41) is 0. The van der Waals surface area contributed by atoms with E-state index in [0.29, 0.717) is 25.7 Å². The summed E-state index contributed by atoms with van der Waals surface area (Å²) in [7, 11) is 0. The Morgan fingerprint density at radius 2 is 1.41 bits per heavy atom. The molecule has 1 aliphatic heterocycles. The first kappa shape index (κ1) is 18.8. The number of rotatable bonds is 4. The number of carbonyl (C=O) groups excluding carboxylic acids is 2. The highest BCUT2D eigenvalue weighted by Crippen LogP contribution is 2.20. The lowest BCUT2D eigenvalue weighted by atomic mass is 10.0. The van der Waals surface area contributed by atoms with Gasteiger partial charge in [-0.2, -0.15) is 0 Å². The molecular formula is C20H21NO6. The van der Waals surface area contributed by atoms with Crippen molar-refractivity contribution in [2.45, 2.75) is 39.5 Å². The standard InChI is InChI=1S/C20H21NO6/c1-3-25-19(23)16-14-10-8-12-6-5-7-13(21-12)9-11-15(27-14)17(18(16)22)20(24)26-4-2/h5-7H,3-4,8-11H2,1-2H3. The van der Waals surface area contributed by atoms with Gasteiger partial charge in [0, 0.05) is 24.2 Å². The number of carbonyl (C=O) groups is 2. The maximum atomic E-state index is 13.0. The highest BCUT2D eigenvalue weighted by Gasteiger charge is 2.29. The number of aromatic nitrogens is 1. The minimum absolute atomic E-state index is 0.109. The molecule has 0 aromatic carbocycles. The summed E-state index contributed by atoms with van der Waals surface area (Å²) in [6.07, 6.45) is 1.61. The quantitative estimate of drug-likeness (QED) is 0.761. The number of nitrogens with zero attached hydrogens (tertiary/aromatic N) is 1. The molecule has 0 aliphatic carbocycles. The van der Waals surface area contributed by atoms with E-state index in [-0.39, 0.29) is 35.9 Å². The average Bonchev–Trinajstić information content (AvgIpc) is 2.64. The molecule has 0 N–H and O–H groups in total. The van der Waals surface area contributed by atoms with Gasteiger partial charge in [0.1, 0.15) is 22.6 Å². The zero-order valence-corrected chi connectivity index (χ0v) is 15.4. The Hall–Kier alpha value is -2.96. The maximum Gasteiger partial charge on any atom is 0.345 e. The van der Waals surface area contributed by atoms with E-state index in [2.05, 4.69) is 4.98 Å². The Morgan fingerprint density at radius 3 is 1.85 bits per heavy atom. The van der Waals surface area contributed by atoms with Crippen LogP contribution in [0.3, 0.4) is 0 Å². The molecule has 0 spiro atoms. The Bertz CT molecular complexity index is 864. The van der Waals surface area contributed by atoms with Crippen molar-refractivity contribution in [3.63, 3.8) is 0 Å². The predicted octanol–water partition coefficient (Wildman–Crippen LogP) is 2.27. The van der Waals surface area contributed by atoms with Crippen molar-refractivity contribution in [3.8, 4) is 0 Å². The molecule has 3 rings (SSSR count). The van der Waals surface area contributed by atoms with Crippen LogP contribution in [-0.2, 0) is 35.2 Å². The SMILES string of the molecule is CCOC(=O)c1c2oc(c(C(=O)OCC)c1=O)CCc1cccc(n1)CC2. The molecule has 0 unspecified atom stereocenters. The fraction of sp³-hybridized carbons (Fsp3) is 0.400. The fourth-order valence-electron chi connectivity index (χ4n) is 3.09. The molecule has 0 radical (unpaired) electrons. The molecule has 0 fully saturated rings. The molecule has 7 heteroatoms. The monoisotopic (exact) mass is 371 g/mol. The molecule has 0 saturated carbocycles. The van der Waals surface area contributed by atoms with Crippen LogP contribution < -0.4 is 5.43 Å². The second kappa shape index (κ2) is 8.16. The van der Waals surface area contributed by atoms with Gasteiger partial charge in [0.25, 0.3) is 0 Å². The van der Waals surface area contributed by atoms with E-state index in [1.807, 2.05) is 18.2 Å². The Morgan fingerprint density at radius 1 is 0.926 bits per heavy atom. The van der Waals surface area contributed by atoms with E-state index in [0.717, 1.165) is 11.4 Å². The highest BCUT2D eigenvalue weighted by molar-refractivity contribution is 5.96. The van der Waals surface area contributed by atoms with Crippen molar-refractivity contribution in [1.82, 2.24) is 4.98 Å². The van der Waals surface area contributed by atoms with Gasteiger partial charge in [0.15, 0.2) is 0 Å². The molecule has 142 valence electrons. The third kappa shape index (κ3) is 3.92. The number of pyridine rings is 1. The number of fused-ring (bicyclic) bond motifs is 4. The second-order valence-corrected chi connectivity index (χ2v) is 6.09. The van der Waals surface area contributed by atoms with Crippen molar-refractivity contribution in [2.24, 2.45) is 0 Å². The zero-order chi connectivity index (χ0) is 19.4. The van der Waals surface area contributed by atoms with Crippen LogP contribution in [0.4, 0.5) is 0 Å². The molecule has 7 nitrogen and oxygen atoms in total. The minimum atomic E-state index is -0.794. The summed E-state index contributed by atoms with van der Waals surface area (Å²) in [5.41, 5.74) is 0.534. The minimum Gasteiger partial charge on any atom is -0.464 e. The van der Waals surface area contributed by atoms with E-state index < -0.39 is 17.4 Å². The van der Waals surface area contributed by atoms with E-state index in [4.69, 9.17) is 13.9 Å². The van der Waals surface area contributed by atoms with Crippen LogP contribution in [0.2, 0.25) is 0 Å². The van der Waals surface area contributed by atoms with Gasteiger partial charge in [0.2, 0.25) is 5.43 Å². The predicted molar refractivity (Wildman–Crippen MR) is 95.9 cm³/mol. The van der Waals surface area contributed by atoms with Crippen LogP contribution in [0.5, 0.6) is 0 Å². The second-order valence-electron chi connectivity index (χ2n) is 6.09. The molecule has 0 atom stereocenters. The van der Waals surface area contributed by atoms with Crippen LogP contribution in [0.25, 0.3) is 0 Å². The van der Waals surface area contributed by atoms with Gasteiger partial charge in [0.05, 0.1) is 13.2 Å². The van der Waals surface area contributed by atoms with Crippen molar-refractivity contribution >= 4 is 11.9 Å². The molecule has 4 bridgehead atoms. The van der Waals surface area contributed by atoms with Gasteiger partial charge < -0.3 is 13.9 Å². The number of aryl methyl sites for hydroxylation is 4. The van der Waals surface area contributed by atoms with Gasteiger partial charge >= 0.3 is 11.9 Å². The summed E-state index contributed by atoms with van der Waals surface area (Å²) in [5.74, 6) is -1.15. The molecule has 3 heterocycles. The lowest BCUT2D eigenvalue weighted by Gasteiger charge is -2.15. The lowest BCUT2D eigenvalue weighted by molar-refractivity contribution is 0.0512. The number of esters is 2. The number of ether oxygens (including phenoxy) is 2. The van der Waals surface area contributed by atoms with Gasteiger partial charge in [-0.3, -0.25) is 9.78 Å². The largest absolute Gasteiger partial charge is 0.464 e. The summed E-state index contributed by atoms with van der Waals surface area (Å²) >= 11 is 0. The smallest absolute Gasteiger partial charge is 0.345 e. The molecule has 0 saturated heterocycles. The molecule has 2 aromatic rings. The fourth-order valence-corrected chi connectivity index (χ4v) is 3.09.